The minimum atomic E-state index is -0.265. The van der Waals surface area contributed by atoms with Crippen LogP contribution in [0.5, 0.6) is 0 Å². The molecule has 2 rings (SSSR count). The van der Waals surface area contributed by atoms with Crippen molar-refractivity contribution in [2.75, 3.05) is 5.73 Å². The van der Waals surface area contributed by atoms with E-state index in [1.807, 2.05) is 10.9 Å². The molecular formula is C14H18FN3. The van der Waals surface area contributed by atoms with Crippen LogP contribution >= 0.6 is 0 Å². The zero-order valence-corrected chi connectivity index (χ0v) is 10.9. The summed E-state index contributed by atoms with van der Waals surface area (Å²) in [4.78, 5) is 0. The second-order valence-corrected chi connectivity index (χ2v) is 4.99. The lowest BCUT2D eigenvalue weighted by molar-refractivity contribution is 0.483. The molecule has 0 saturated carbocycles. The van der Waals surface area contributed by atoms with E-state index >= 15 is 0 Å². The van der Waals surface area contributed by atoms with E-state index in [2.05, 4.69) is 18.9 Å². The van der Waals surface area contributed by atoms with Crippen LogP contribution in [-0.4, -0.2) is 9.78 Å². The Labute approximate surface area is 106 Å². The number of nitrogen functional groups attached to an aromatic ring is 1. The predicted octanol–water partition coefficient (Wildman–Crippen LogP) is 3.24. The van der Waals surface area contributed by atoms with Crippen molar-refractivity contribution in [2.24, 2.45) is 5.92 Å². The Morgan fingerprint density at radius 2 is 2.11 bits per heavy atom. The largest absolute Gasteiger partial charge is 0.398 e. The number of anilines is 1. The summed E-state index contributed by atoms with van der Waals surface area (Å²) in [5, 5.41) is 4.24. The summed E-state index contributed by atoms with van der Waals surface area (Å²) in [5.41, 5.74) is 7.99. The van der Waals surface area contributed by atoms with E-state index in [-0.39, 0.29) is 5.82 Å². The van der Waals surface area contributed by atoms with E-state index in [0.29, 0.717) is 22.7 Å². The predicted molar refractivity (Wildman–Crippen MR) is 71.6 cm³/mol. The van der Waals surface area contributed by atoms with Crippen LogP contribution in [0.15, 0.2) is 24.5 Å². The van der Waals surface area contributed by atoms with Gasteiger partial charge in [-0.1, -0.05) is 13.8 Å². The summed E-state index contributed by atoms with van der Waals surface area (Å²) < 4.78 is 15.9. The van der Waals surface area contributed by atoms with E-state index in [4.69, 9.17) is 5.73 Å². The maximum Gasteiger partial charge on any atom is 0.136 e. The van der Waals surface area contributed by atoms with E-state index in [1.165, 1.54) is 0 Å². The fourth-order valence-corrected chi connectivity index (χ4v) is 1.90. The quantitative estimate of drug-likeness (QED) is 0.846. The van der Waals surface area contributed by atoms with Gasteiger partial charge in [-0.05, 0) is 25.0 Å². The number of benzene rings is 1. The zero-order chi connectivity index (χ0) is 13.3. The number of hydrogen-bond donors (Lipinski definition) is 1. The van der Waals surface area contributed by atoms with Crippen LogP contribution in [0.25, 0.3) is 11.1 Å². The van der Waals surface area contributed by atoms with E-state index in [9.17, 15) is 4.39 Å². The minimum Gasteiger partial charge on any atom is -0.398 e. The molecule has 1 heterocycles. The molecule has 3 nitrogen and oxygen atoms in total. The van der Waals surface area contributed by atoms with Gasteiger partial charge in [-0.2, -0.15) is 5.10 Å². The molecule has 0 bridgehead atoms. The van der Waals surface area contributed by atoms with Gasteiger partial charge in [0.2, 0.25) is 0 Å². The van der Waals surface area contributed by atoms with Crippen LogP contribution in [0, 0.1) is 18.7 Å². The van der Waals surface area contributed by atoms with Gasteiger partial charge in [-0.15, -0.1) is 0 Å². The summed E-state index contributed by atoms with van der Waals surface area (Å²) in [7, 11) is 0. The number of rotatable bonds is 3. The van der Waals surface area contributed by atoms with Crippen molar-refractivity contribution in [1.82, 2.24) is 9.78 Å². The molecular weight excluding hydrogens is 229 g/mol. The number of nitrogens with two attached hydrogens (primary N) is 1. The van der Waals surface area contributed by atoms with Gasteiger partial charge in [0.25, 0.3) is 0 Å². The van der Waals surface area contributed by atoms with Crippen molar-refractivity contribution in [1.29, 1.82) is 0 Å². The Balaban J connectivity index is 2.37. The summed E-state index contributed by atoms with van der Waals surface area (Å²) in [6, 6.07) is 3.43. The average molecular weight is 247 g/mol. The number of aromatic nitrogens is 2. The highest BCUT2D eigenvalue weighted by molar-refractivity contribution is 5.67. The molecule has 0 spiro atoms. The maximum absolute atomic E-state index is 14.1. The molecule has 0 aliphatic rings. The highest BCUT2D eigenvalue weighted by Gasteiger charge is 2.11. The molecule has 0 aliphatic heterocycles. The van der Waals surface area contributed by atoms with Gasteiger partial charge < -0.3 is 5.73 Å². The van der Waals surface area contributed by atoms with Gasteiger partial charge in [-0.25, -0.2) is 4.39 Å². The second-order valence-electron chi connectivity index (χ2n) is 4.99. The fraction of sp³-hybridized carbons (Fsp3) is 0.357. The first-order valence-corrected chi connectivity index (χ1v) is 6.06. The van der Waals surface area contributed by atoms with Gasteiger partial charge in [0.05, 0.1) is 6.20 Å². The molecule has 1 aromatic heterocycles. The lowest BCUT2D eigenvalue weighted by Crippen LogP contribution is -2.04. The SMILES string of the molecule is Cc1c(N)ccc(-c2cnn(CC(C)C)c2)c1F. The zero-order valence-electron chi connectivity index (χ0n) is 10.9. The first-order chi connectivity index (χ1) is 8.49. The van der Waals surface area contributed by atoms with E-state index in [0.717, 1.165) is 12.1 Å². The van der Waals surface area contributed by atoms with Gasteiger partial charge >= 0.3 is 0 Å². The molecule has 2 aromatic rings. The highest BCUT2D eigenvalue weighted by Crippen LogP contribution is 2.27. The highest BCUT2D eigenvalue weighted by atomic mass is 19.1. The number of halogens is 1. The van der Waals surface area contributed by atoms with Gasteiger partial charge in [0.15, 0.2) is 0 Å². The van der Waals surface area contributed by atoms with Crippen LogP contribution in [-0.2, 0) is 6.54 Å². The van der Waals surface area contributed by atoms with Crippen LogP contribution < -0.4 is 5.73 Å². The van der Waals surface area contributed by atoms with Crippen LogP contribution in [0.3, 0.4) is 0 Å². The number of nitrogens with zero attached hydrogens (tertiary/aromatic N) is 2. The molecule has 0 unspecified atom stereocenters. The molecule has 0 amide bonds. The summed E-state index contributed by atoms with van der Waals surface area (Å²) in [6.45, 7) is 6.76. The van der Waals surface area contributed by atoms with Crippen molar-refractivity contribution >= 4 is 5.69 Å². The minimum absolute atomic E-state index is 0.265. The lowest BCUT2D eigenvalue weighted by Gasteiger charge is -2.06. The third kappa shape index (κ3) is 2.37. The molecule has 1 aromatic carbocycles. The van der Waals surface area contributed by atoms with Crippen LogP contribution in [0.1, 0.15) is 19.4 Å². The Kier molecular flexibility index (Phi) is 3.36. The van der Waals surface area contributed by atoms with Gasteiger partial charge in [0.1, 0.15) is 5.82 Å². The number of hydrogen-bond acceptors (Lipinski definition) is 2. The van der Waals surface area contributed by atoms with Crippen LogP contribution in [0.4, 0.5) is 10.1 Å². The Morgan fingerprint density at radius 1 is 1.39 bits per heavy atom. The van der Waals surface area contributed by atoms with Crippen molar-refractivity contribution in [2.45, 2.75) is 27.3 Å². The lowest BCUT2D eigenvalue weighted by atomic mass is 10.0. The van der Waals surface area contributed by atoms with Crippen molar-refractivity contribution in [3.05, 3.63) is 35.9 Å². The summed E-state index contributed by atoms with van der Waals surface area (Å²) >= 11 is 0. The van der Waals surface area contributed by atoms with Crippen molar-refractivity contribution in [3.8, 4) is 11.1 Å². The molecule has 2 N–H and O–H groups in total. The second kappa shape index (κ2) is 4.80. The summed E-state index contributed by atoms with van der Waals surface area (Å²) in [6.07, 6.45) is 3.56. The first-order valence-electron chi connectivity index (χ1n) is 6.06. The fourth-order valence-electron chi connectivity index (χ4n) is 1.90. The third-order valence-corrected chi connectivity index (χ3v) is 2.92. The molecule has 0 aliphatic carbocycles. The molecule has 4 heteroatoms. The Morgan fingerprint density at radius 3 is 2.78 bits per heavy atom. The normalized spacial score (nSPS) is 11.2. The molecule has 0 radical (unpaired) electrons. The van der Waals surface area contributed by atoms with Gasteiger partial charge in [0, 0.05) is 35.1 Å². The van der Waals surface area contributed by atoms with Gasteiger partial charge in [-0.3, -0.25) is 4.68 Å². The third-order valence-electron chi connectivity index (χ3n) is 2.92. The Bertz CT molecular complexity index is 558. The van der Waals surface area contributed by atoms with Crippen molar-refractivity contribution in [3.63, 3.8) is 0 Å². The Hall–Kier alpha value is -1.84. The van der Waals surface area contributed by atoms with Crippen molar-refractivity contribution < 1.29 is 4.39 Å². The molecule has 0 saturated heterocycles. The molecule has 96 valence electrons. The van der Waals surface area contributed by atoms with Crippen LogP contribution in [0.2, 0.25) is 0 Å². The average Bonchev–Trinajstić information content (AvgIpc) is 2.73. The molecule has 0 atom stereocenters. The smallest absolute Gasteiger partial charge is 0.136 e. The molecule has 0 fully saturated rings. The first kappa shape index (κ1) is 12.6. The van der Waals surface area contributed by atoms with E-state index in [1.54, 1.807) is 25.3 Å². The standard InChI is InChI=1S/C14H18FN3/c1-9(2)7-18-8-11(6-17-18)12-4-5-13(16)10(3)14(12)15/h4-6,8-9H,7,16H2,1-3H3. The molecule has 18 heavy (non-hydrogen) atoms. The van der Waals surface area contributed by atoms with E-state index < -0.39 is 0 Å². The topological polar surface area (TPSA) is 43.8 Å². The maximum atomic E-state index is 14.1. The monoisotopic (exact) mass is 247 g/mol. The summed E-state index contributed by atoms with van der Waals surface area (Å²) in [5.74, 6) is 0.245.